The van der Waals surface area contributed by atoms with Crippen molar-refractivity contribution in [2.45, 2.75) is 20.4 Å². The summed E-state index contributed by atoms with van der Waals surface area (Å²) in [5.41, 5.74) is 1.16. The Balaban J connectivity index is 1.99. The van der Waals surface area contributed by atoms with Crippen molar-refractivity contribution in [1.82, 2.24) is 5.32 Å². The summed E-state index contributed by atoms with van der Waals surface area (Å²) >= 11 is 6.27. The molecule has 3 heteroatoms. The van der Waals surface area contributed by atoms with Crippen LogP contribution in [0.5, 0.6) is 11.5 Å². The molecule has 0 atom stereocenters. The molecule has 20 heavy (non-hydrogen) atoms. The van der Waals surface area contributed by atoms with Crippen LogP contribution < -0.4 is 10.1 Å². The number of para-hydroxylation sites is 1. The van der Waals surface area contributed by atoms with E-state index in [1.807, 2.05) is 48.5 Å². The van der Waals surface area contributed by atoms with Crippen LogP contribution in [0.2, 0.25) is 5.02 Å². The molecular formula is C17H20ClNO. The summed E-state index contributed by atoms with van der Waals surface area (Å²) in [6, 6.07) is 15.6. The van der Waals surface area contributed by atoms with Crippen molar-refractivity contribution >= 4 is 11.6 Å². The van der Waals surface area contributed by atoms with Gasteiger partial charge in [-0.2, -0.15) is 0 Å². The second kappa shape index (κ2) is 7.32. The molecule has 0 aromatic heterocycles. The zero-order valence-corrected chi connectivity index (χ0v) is 12.7. The summed E-state index contributed by atoms with van der Waals surface area (Å²) in [6.07, 6.45) is 0. The molecule has 106 valence electrons. The lowest BCUT2D eigenvalue weighted by atomic mass is 10.2. The van der Waals surface area contributed by atoms with Crippen LogP contribution in [0.15, 0.2) is 48.5 Å². The number of ether oxygens (including phenoxy) is 1. The van der Waals surface area contributed by atoms with E-state index in [0.717, 1.165) is 24.4 Å². The summed E-state index contributed by atoms with van der Waals surface area (Å²) in [5.74, 6) is 2.12. The molecule has 2 aromatic carbocycles. The molecule has 0 fully saturated rings. The van der Waals surface area contributed by atoms with Gasteiger partial charge in [-0.25, -0.2) is 0 Å². The molecule has 0 saturated carbocycles. The number of rotatable bonds is 6. The van der Waals surface area contributed by atoms with Gasteiger partial charge in [-0.3, -0.25) is 0 Å². The number of benzene rings is 2. The standard InChI is InChI=1S/C17H20ClNO/c1-13(2)11-19-12-14-8-9-17(16(18)10-14)20-15-6-4-3-5-7-15/h3-10,13,19H,11-12H2,1-2H3. The predicted octanol–water partition coefficient (Wildman–Crippen LogP) is 4.88. The summed E-state index contributed by atoms with van der Waals surface area (Å²) in [6.45, 7) is 6.21. The maximum absolute atomic E-state index is 6.27. The first-order valence-corrected chi connectivity index (χ1v) is 7.25. The Hall–Kier alpha value is -1.51. The van der Waals surface area contributed by atoms with Gasteiger partial charge in [-0.15, -0.1) is 0 Å². The van der Waals surface area contributed by atoms with Gasteiger partial charge in [-0.1, -0.05) is 49.7 Å². The zero-order chi connectivity index (χ0) is 14.4. The minimum atomic E-state index is 0.637. The monoisotopic (exact) mass is 289 g/mol. The van der Waals surface area contributed by atoms with Crippen LogP contribution in [0.3, 0.4) is 0 Å². The first-order valence-electron chi connectivity index (χ1n) is 6.87. The largest absolute Gasteiger partial charge is 0.456 e. The van der Waals surface area contributed by atoms with Crippen molar-refractivity contribution in [2.24, 2.45) is 5.92 Å². The maximum atomic E-state index is 6.27. The number of halogens is 1. The van der Waals surface area contributed by atoms with E-state index < -0.39 is 0 Å². The Bertz CT molecular complexity index is 540. The van der Waals surface area contributed by atoms with E-state index >= 15 is 0 Å². The third-order valence-electron chi connectivity index (χ3n) is 2.85. The van der Waals surface area contributed by atoms with Crippen LogP contribution in [-0.2, 0) is 6.54 Å². The summed E-state index contributed by atoms with van der Waals surface area (Å²) in [4.78, 5) is 0. The topological polar surface area (TPSA) is 21.3 Å². The van der Waals surface area contributed by atoms with Crippen molar-refractivity contribution in [3.63, 3.8) is 0 Å². The van der Waals surface area contributed by atoms with Crippen LogP contribution in [0, 0.1) is 5.92 Å². The van der Waals surface area contributed by atoms with Crippen LogP contribution in [0.25, 0.3) is 0 Å². The van der Waals surface area contributed by atoms with Gasteiger partial charge in [0.05, 0.1) is 5.02 Å². The fourth-order valence-electron chi connectivity index (χ4n) is 1.86. The van der Waals surface area contributed by atoms with E-state index in [2.05, 4.69) is 19.2 Å². The highest BCUT2D eigenvalue weighted by atomic mass is 35.5. The molecule has 0 radical (unpaired) electrons. The fourth-order valence-corrected chi connectivity index (χ4v) is 2.10. The molecular weight excluding hydrogens is 270 g/mol. The number of hydrogen-bond donors (Lipinski definition) is 1. The Kier molecular flexibility index (Phi) is 5.45. The Morgan fingerprint density at radius 1 is 1.10 bits per heavy atom. The van der Waals surface area contributed by atoms with Crippen molar-refractivity contribution in [2.75, 3.05) is 6.54 Å². The minimum Gasteiger partial charge on any atom is -0.456 e. The van der Waals surface area contributed by atoms with E-state index in [-0.39, 0.29) is 0 Å². The molecule has 0 heterocycles. The lowest BCUT2D eigenvalue weighted by molar-refractivity contribution is 0.482. The molecule has 0 aliphatic rings. The second-order valence-corrected chi connectivity index (χ2v) is 5.61. The van der Waals surface area contributed by atoms with Gasteiger partial charge in [0.2, 0.25) is 0 Å². The van der Waals surface area contributed by atoms with Gasteiger partial charge in [0.25, 0.3) is 0 Å². The molecule has 0 bridgehead atoms. The highest BCUT2D eigenvalue weighted by Gasteiger charge is 2.04. The van der Waals surface area contributed by atoms with Gasteiger partial charge >= 0.3 is 0 Å². The lowest BCUT2D eigenvalue weighted by Gasteiger charge is -2.10. The molecule has 0 spiro atoms. The second-order valence-electron chi connectivity index (χ2n) is 5.20. The first kappa shape index (κ1) is 14.9. The lowest BCUT2D eigenvalue weighted by Crippen LogP contribution is -2.18. The normalized spacial score (nSPS) is 10.8. The Morgan fingerprint density at radius 2 is 1.85 bits per heavy atom. The number of hydrogen-bond acceptors (Lipinski definition) is 2. The van der Waals surface area contributed by atoms with E-state index in [1.165, 1.54) is 0 Å². The molecule has 2 nitrogen and oxygen atoms in total. The molecule has 0 saturated heterocycles. The summed E-state index contributed by atoms with van der Waals surface area (Å²) in [5, 5.41) is 4.03. The Labute approximate surface area is 125 Å². The van der Waals surface area contributed by atoms with Gasteiger partial charge < -0.3 is 10.1 Å². The van der Waals surface area contributed by atoms with Crippen molar-refractivity contribution in [1.29, 1.82) is 0 Å². The first-order chi connectivity index (χ1) is 9.65. The predicted molar refractivity (Wildman–Crippen MR) is 84.5 cm³/mol. The highest BCUT2D eigenvalue weighted by Crippen LogP contribution is 2.29. The fraction of sp³-hybridized carbons (Fsp3) is 0.294. The Morgan fingerprint density at radius 3 is 2.50 bits per heavy atom. The summed E-state index contributed by atoms with van der Waals surface area (Å²) in [7, 11) is 0. The van der Waals surface area contributed by atoms with Crippen molar-refractivity contribution < 1.29 is 4.74 Å². The smallest absolute Gasteiger partial charge is 0.146 e. The third-order valence-corrected chi connectivity index (χ3v) is 3.14. The van der Waals surface area contributed by atoms with E-state index in [0.29, 0.717) is 16.7 Å². The quantitative estimate of drug-likeness (QED) is 0.818. The third kappa shape index (κ3) is 4.55. The van der Waals surface area contributed by atoms with Crippen molar-refractivity contribution in [3.05, 3.63) is 59.1 Å². The van der Waals surface area contributed by atoms with E-state index in [4.69, 9.17) is 16.3 Å². The SMILES string of the molecule is CC(C)CNCc1ccc(Oc2ccccc2)c(Cl)c1. The van der Waals surface area contributed by atoms with E-state index in [9.17, 15) is 0 Å². The summed E-state index contributed by atoms with van der Waals surface area (Å²) < 4.78 is 5.75. The van der Waals surface area contributed by atoms with Gasteiger partial charge in [-0.05, 0) is 42.3 Å². The molecule has 2 aromatic rings. The highest BCUT2D eigenvalue weighted by molar-refractivity contribution is 6.32. The zero-order valence-electron chi connectivity index (χ0n) is 11.9. The maximum Gasteiger partial charge on any atom is 0.146 e. The molecule has 2 rings (SSSR count). The molecule has 0 amide bonds. The average molecular weight is 290 g/mol. The molecule has 0 aliphatic carbocycles. The van der Waals surface area contributed by atoms with Crippen LogP contribution in [-0.4, -0.2) is 6.54 Å². The minimum absolute atomic E-state index is 0.637. The van der Waals surface area contributed by atoms with E-state index in [1.54, 1.807) is 0 Å². The van der Waals surface area contributed by atoms with Crippen LogP contribution in [0.1, 0.15) is 19.4 Å². The molecule has 1 N–H and O–H groups in total. The van der Waals surface area contributed by atoms with Crippen LogP contribution in [0.4, 0.5) is 0 Å². The molecule has 0 unspecified atom stereocenters. The molecule has 0 aliphatic heterocycles. The van der Waals surface area contributed by atoms with Gasteiger partial charge in [0.15, 0.2) is 0 Å². The van der Waals surface area contributed by atoms with Gasteiger partial charge in [0, 0.05) is 6.54 Å². The number of nitrogens with one attached hydrogen (secondary N) is 1. The van der Waals surface area contributed by atoms with Crippen molar-refractivity contribution in [3.8, 4) is 11.5 Å². The van der Waals surface area contributed by atoms with Crippen LogP contribution >= 0.6 is 11.6 Å². The van der Waals surface area contributed by atoms with Gasteiger partial charge in [0.1, 0.15) is 11.5 Å². The average Bonchev–Trinajstić information content (AvgIpc) is 2.42.